The molecular weight excluding hydrogens is 385 g/mol. The molecule has 9 heteroatoms. The molecule has 0 atom stereocenters. The van der Waals surface area contributed by atoms with Crippen LogP contribution in [0.3, 0.4) is 0 Å². The lowest BCUT2D eigenvalue weighted by atomic mass is 10.3. The Morgan fingerprint density at radius 2 is 2.13 bits per heavy atom. The monoisotopic (exact) mass is 395 g/mol. The number of thioether (sulfide) groups is 1. The topological polar surface area (TPSA) is 64.7 Å². The highest BCUT2D eigenvalue weighted by atomic mass is 79.9. The number of carbonyl (C=O) groups excluding carboxylic acids is 1. The summed E-state index contributed by atoms with van der Waals surface area (Å²) >= 11 is 4.38. The number of carbonyl (C=O) groups is 1. The van der Waals surface area contributed by atoms with Crippen molar-refractivity contribution in [3.05, 3.63) is 59.3 Å². The van der Waals surface area contributed by atoms with Gasteiger partial charge in [0.1, 0.15) is 12.1 Å². The van der Waals surface area contributed by atoms with Crippen LogP contribution in [-0.2, 0) is 4.79 Å². The maximum Gasteiger partial charge on any atom is 0.234 e. The molecule has 0 spiro atoms. The quantitative estimate of drug-likeness (QED) is 0.674. The summed E-state index contributed by atoms with van der Waals surface area (Å²) in [6, 6.07) is 8.21. The number of hydrogen-bond acceptors (Lipinski definition) is 4. The fourth-order valence-electron chi connectivity index (χ4n) is 1.85. The van der Waals surface area contributed by atoms with Crippen molar-refractivity contribution in [2.24, 2.45) is 0 Å². The molecule has 3 aromatic rings. The Bertz CT molecular complexity index is 820. The predicted octanol–water partition coefficient (Wildman–Crippen LogP) is 3.02. The first-order chi connectivity index (χ1) is 11.1. The Labute approximate surface area is 143 Å². The highest BCUT2D eigenvalue weighted by Gasteiger charge is 2.11. The number of rotatable bonds is 5. The fraction of sp³-hybridized carbons (Fsp3) is 0.0714. The van der Waals surface area contributed by atoms with Gasteiger partial charge in [-0.3, -0.25) is 9.47 Å². The van der Waals surface area contributed by atoms with Crippen LogP contribution in [0.15, 0.2) is 58.7 Å². The van der Waals surface area contributed by atoms with Crippen molar-refractivity contribution < 1.29 is 9.18 Å². The minimum atomic E-state index is -0.492. The molecule has 0 saturated heterocycles. The summed E-state index contributed by atoms with van der Waals surface area (Å²) in [5, 5.41) is 10.9. The van der Waals surface area contributed by atoms with Crippen molar-refractivity contribution in [1.82, 2.24) is 19.5 Å². The summed E-state index contributed by atoms with van der Waals surface area (Å²) in [7, 11) is 0. The van der Waals surface area contributed by atoms with Crippen molar-refractivity contribution >= 4 is 39.3 Å². The van der Waals surface area contributed by atoms with Crippen LogP contribution in [0.1, 0.15) is 0 Å². The molecule has 6 nitrogen and oxygen atoms in total. The van der Waals surface area contributed by atoms with E-state index in [1.165, 1.54) is 23.9 Å². The van der Waals surface area contributed by atoms with E-state index in [1.807, 2.05) is 24.5 Å². The molecule has 0 aliphatic rings. The van der Waals surface area contributed by atoms with Gasteiger partial charge in [0.05, 0.1) is 11.4 Å². The maximum atomic E-state index is 13.7. The summed E-state index contributed by atoms with van der Waals surface area (Å²) in [5.41, 5.74) is 0.144. The SMILES string of the molecule is O=C(CSc1nncn1-n1cccc1)Nc1ccc(Br)cc1F. The predicted molar refractivity (Wildman–Crippen MR) is 88.7 cm³/mol. The second-order valence-electron chi connectivity index (χ2n) is 4.48. The van der Waals surface area contributed by atoms with Crippen molar-refractivity contribution in [3.8, 4) is 0 Å². The molecule has 2 heterocycles. The van der Waals surface area contributed by atoms with E-state index in [2.05, 4.69) is 31.4 Å². The molecular formula is C14H11BrFN5OS. The van der Waals surface area contributed by atoms with Crippen LogP contribution in [-0.4, -0.2) is 31.2 Å². The fourth-order valence-corrected chi connectivity index (χ4v) is 2.89. The van der Waals surface area contributed by atoms with Crippen LogP contribution in [0.2, 0.25) is 0 Å². The van der Waals surface area contributed by atoms with Crippen LogP contribution in [0, 0.1) is 5.82 Å². The molecule has 0 aliphatic heterocycles. The minimum Gasteiger partial charge on any atom is -0.323 e. The summed E-state index contributed by atoms with van der Waals surface area (Å²) < 4.78 is 17.8. The average molecular weight is 396 g/mol. The Hall–Kier alpha value is -2.13. The third-order valence-electron chi connectivity index (χ3n) is 2.88. The van der Waals surface area contributed by atoms with E-state index in [4.69, 9.17) is 0 Å². The molecule has 1 aromatic carbocycles. The highest BCUT2D eigenvalue weighted by molar-refractivity contribution is 9.10. The van der Waals surface area contributed by atoms with Crippen molar-refractivity contribution in [2.45, 2.75) is 5.16 Å². The van der Waals surface area contributed by atoms with Gasteiger partial charge in [-0.1, -0.05) is 27.7 Å². The Morgan fingerprint density at radius 1 is 1.35 bits per heavy atom. The Balaban J connectivity index is 1.63. The lowest BCUT2D eigenvalue weighted by molar-refractivity contribution is -0.113. The first-order valence-corrected chi connectivity index (χ1v) is 8.33. The third kappa shape index (κ3) is 3.80. The molecule has 0 saturated carbocycles. The molecule has 0 unspecified atom stereocenters. The van der Waals surface area contributed by atoms with Gasteiger partial charge < -0.3 is 5.32 Å². The molecule has 1 amide bonds. The van der Waals surface area contributed by atoms with E-state index < -0.39 is 5.82 Å². The number of benzene rings is 1. The minimum absolute atomic E-state index is 0.0927. The molecule has 118 valence electrons. The first-order valence-electron chi connectivity index (χ1n) is 6.55. The third-order valence-corrected chi connectivity index (χ3v) is 4.30. The molecule has 1 N–H and O–H groups in total. The summed E-state index contributed by atoms with van der Waals surface area (Å²) in [6.45, 7) is 0. The van der Waals surface area contributed by atoms with Crippen molar-refractivity contribution in [2.75, 3.05) is 11.1 Å². The maximum absolute atomic E-state index is 13.7. The number of nitrogens with zero attached hydrogens (tertiary/aromatic N) is 4. The Kier molecular flexibility index (Phi) is 4.77. The van der Waals surface area contributed by atoms with Gasteiger partial charge in [-0.05, 0) is 30.3 Å². The van der Waals surface area contributed by atoms with E-state index in [9.17, 15) is 9.18 Å². The van der Waals surface area contributed by atoms with Crippen LogP contribution in [0.5, 0.6) is 0 Å². The highest BCUT2D eigenvalue weighted by Crippen LogP contribution is 2.20. The summed E-state index contributed by atoms with van der Waals surface area (Å²) in [4.78, 5) is 12.0. The van der Waals surface area contributed by atoms with Crippen LogP contribution >= 0.6 is 27.7 Å². The second-order valence-corrected chi connectivity index (χ2v) is 6.34. The van der Waals surface area contributed by atoms with E-state index >= 15 is 0 Å². The standard InChI is InChI=1S/C14H11BrFN5OS/c15-10-3-4-12(11(16)7-10)18-13(22)8-23-14-19-17-9-21(14)20-5-1-2-6-20/h1-7,9H,8H2,(H,18,22). The van der Waals surface area contributed by atoms with E-state index in [0.717, 1.165) is 0 Å². The van der Waals surface area contributed by atoms with E-state index in [0.29, 0.717) is 9.63 Å². The Morgan fingerprint density at radius 3 is 2.87 bits per heavy atom. The van der Waals surface area contributed by atoms with Crippen LogP contribution < -0.4 is 5.32 Å². The molecule has 0 aliphatic carbocycles. The van der Waals surface area contributed by atoms with Crippen molar-refractivity contribution in [1.29, 1.82) is 0 Å². The average Bonchev–Trinajstić information content (AvgIpc) is 3.18. The summed E-state index contributed by atoms with van der Waals surface area (Å²) in [6.07, 6.45) is 5.23. The second kappa shape index (κ2) is 6.97. The number of aromatic nitrogens is 4. The number of nitrogens with one attached hydrogen (secondary N) is 1. The number of amides is 1. The smallest absolute Gasteiger partial charge is 0.234 e. The zero-order chi connectivity index (χ0) is 16.2. The number of halogens is 2. The lowest BCUT2D eigenvalue weighted by Crippen LogP contribution is -2.16. The number of hydrogen-bond donors (Lipinski definition) is 1. The molecule has 0 bridgehead atoms. The van der Waals surface area contributed by atoms with Crippen LogP contribution in [0.4, 0.5) is 10.1 Å². The van der Waals surface area contributed by atoms with Gasteiger partial charge in [-0.2, -0.15) is 0 Å². The zero-order valence-corrected chi connectivity index (χ0v) is 14.1. The van der Waals surface area contributed by atoms with Gasteiger partial charge in [-0.15, -0.1) is 10.2 Å². The van der Waals surface area contributed by atoms with Crippen molar-refractivity contribution in [3.63, 3.8) is 0 Å². The normalized spacial score (nSPS) is 10.7. The zero-order valence-electron chi connectivity index (χ0n) is 11.7. The molecule has 23 heavy (non-hydrogen) atoms. The van der Waals surface area contributed by atoms with Gasteiger partial charge in [0.15, 0.2) is 0 Å². The van der Waals surface area contributed by atoms with Gasteiger partial charge in [-0.25, -0.2) is 9.07 Å². The summed E-state index contributed by atoms with van der Waals surface area (Å²) in [5.74, 6) is -0.721. The van der Waals surface area contributed by atoms with Gasteiger partial charge >= 0.3 is 0 Å². The largest absolute Gasteiger partial charge is 0.323 e. The van der Waals surface area contributed by atoms with E-state index in [-0.39, 0.29) is 17.3 Å². The number of anilines is 1. The lowest BCUT2D eigenvalue weighted by Gasteiger charge is -2.08. The first kappa shape index (κ1) is 15.8. The van der Waals surface area contributed by atoms with E-state index in [1.54, 1.807) is 21.7 Å². The molecule has 3 rings (SSSR count). The van der Waals surface area contributed by atoms with Gasteiger partial charge in [0.2, 0.25) is 11.1 Å². The van der Waals surface area contributed by atoms with Crippen LogP contribution in [0.25, 0.3) is 0 Å². The van der Waals surface area contributed by atoms with Gasteiger partial charge in [0, 0.05) is 16.9 Å². The molecule has 2 aromatic heterocycles. The van der Waals surface area contributed by atoms with Gasteiger partial charge in [0.25, 0.3) is 0 Å². The molecule has 0 radical (unpaired) electrons. The molecule has 0 fully saturated rings.